The molecule has 0 atom stereocenters. The van der Waals surface area contributed by atoms with Gasteiger partial charge in [0.25, 0.3) is 5.91 Å². The van der Waals surface area contributed by atoms with Gasteiger partial charge in [-0.3, -0.25) is 9.59 Å². The number of fused-ring (bicyclic) bond motifs is 1. The fraction of sp³-hybridized carbons (Fsp3) is 0.412. The molecule has 0 aliphatic rings. The summed E-state index contributed by atoms with van der Waals surface area (Å²) in [4.78, 5) is 25.9. The van der Waals surface area contributed by atoms with Gasteiger partial charge in [0.15, 0.2) is 0 Å². The van der Waals surface area contributed by atoms with Gasteiger partial charge in [0.1, 0.15) is 0 Å². The third-order valence-electron chi connectivity index (χ3n) is 3.82. The molecule has 0 radical (unpaired) electrons. The van der Waals surface area contributed by atoms with Gasteiger partial charge in [0.2, 0.25) is 0 Å². The van der Waals surface area contributed by atoms with Gasteiger partial charge in [0, 0.05) is 49.9 Å². The van der Waals surface area contributed by atoms with Crippen molar-refractivity contribution in [3.05, 3.63) is 36.0 Å². The van der Waals surface area contributed by atoms with Crippen molar-refractivity contribution in [1.29, 1.82) is 0 Å². The highest BCUT2D eigenvalue weighted by Crippen LogP contribution is 2.21. The SMILES string of the molecule is COCCN(CCC(=O)OC)C(=O)c1cccc2c1ccn2C. The molecule has 2 aromatic rings. The molecule has 0 fully saturated rings. The lowest BCUT2D eigenvalue weighted by atomic mass is 10.1. The first-order valence-corrected chi connectivity index (χ1v) is 7.47. The van der Waals surface area contributed by atoms with Crippen molar-refractivity contribution < 1.29 is 19.1 Å². The molecule has 0 saturated heterocycles. The van der Waals surface area contributed by atoms with E-state index in [-0.39, 0.29) is 18.3 Å². The maximum atomic E-state index is 12.9. The summed E-state index contributed by atoms with van der Waals surface area (Å²) in [6, 6.07) is 7.57. The second-order valence-electron chi connectivity index (χ2n) is 5.28. The van der Waals surface area contributed by atoms with Gasteiger partial charge >= 0.3 is 5.97 Å². The molecule has 124 valence electrons. The van der Waals surface area contributed by atoms with Crippen LogP contribution < -0.4 is 0 Å². The fourth-order valence-electron chi connectivity index (χ4n) is 2.50. The van der Waals surface area contributed by atoms with Gasteiger partial charge in [-0.15, -0.1) is 0 Å². The fourth-order valence-corrected chi connectivity index (χ4v) is 2.50. The average Bonchev–Trinajstić information content (AvgIpc) is 2.95. The molecule has 0 saturated carbocycles. The van der Waals surface area contributed by atoms with E-state index in [4.69, 9.17) is 4.74 Å². The molecule has 0 aliphatic carbocycles. The van der Waals surface area contributed by atoms with Crippen LogP contribution in [0.3, 0.4) is 0 Å². The molecule has 0 unspecified atom stereocenters. The summed E-state index contributed by atoms with van der Waals surface area (Å²) in [6.45, 7) is 1.14. The van der Waals surface area contributed by atoms with Crippen molar-refractivity contribution >= 4 is 22.8 Å². The monoisotopic (exact) mass is 318 g/mol. The molecular weight excluding hydrogens is 296 g/mol. The maximum absolute atomic E-state index is 12.9. The zero-order chi connectivity index (χ0) is 16.8. The molecule has 0 aliphatic heterocycles. The van der Waals surface area contributed by atoms with E-state index in [0.29, 0.717) is 25.3 Å². The molecule has 2 rings (SSSR count). The van der Waals surface area contributed by atoms with Crippen LogP contribution in [0.4, 0.5) is 0 Å². The second kappa shape index (κ2) is 7.78. The van der Waals surface area contributed by atoms with E-state index in [9.17, 15) is 9.59 Å². The number of amides is 1. The minimum absolute atomic E-state index is 0.109. The van der Waals surface area contributed by atoms with E-state index in [2.05, 4.69) is 4.74 Å². The average molecular weight is 318 g/mol. The molecule has 6 nitrogen and oxygen atoms in total. The van der Waals surface area contributed by atoms with Crippen molar-refractivity contribution in [2.24, 2.45) is 7.05 Å². The van der Waals surface area contributed by atoms with Crippen LogP contribution >= 0.6 is 0 Å². The Labute approximate surface area is 135 Å². The van der Waals surface area contributed by atoms with Crippen molar-refractivity contribution in [3.63, 3.8) is 0 Å². The van der Waals surface area contributed by atoms with E-state index in [1.165, 1.54) is 7.11 Å². The van der Waals surface area contributed by atoms with E-state index >= 15 is 0 Å². The van der Waals surface area contributed by atoms with Gasteiger partial charge in [-0.05, 0) is 18.2 Å². The Morgan fingerprint density at radius 2 is 1.96 bits per heavy atom. The highest BCUT2D eigenvalue weighted by molar-refractivity contribution is 6.06. The Morgan fingerprint density at radius 1 is 1.17 bits per heavy atom. The Hall–Kier alpha value is -2.34. The largest absolute Gasteiger partial charge is 0.469 e. The van der Waals surface area contributed by atoms with Crippen LogP contribution in [0.15, 0.2) is 30.5 Å². The van der Waals surface area contributed by atoms with Crippen molar-refractivity contribution in [2.75, 3.05) is 33.9 Å². The Balaban J connectivity index is 2.25. The summed E-state index contributed by atoms with van der Waals surface area (Å²) in [7, 11) is 4.87. The van der Waals surface area contributed by atoms with Crippen LogP contribution in [0.25, 0.3) is 10.9 Å². The zero-order valence-corrected chi connectivity index (χ0v) is 13.7. The number of aromatic nitrogens is 1. The van der Waals surface area contributed by atoms with Gasteiger partial charge in [0.05, 0.1) is 20.1 Å². The minimum Gasteiger partial charge on any atom is -0.469 e. The molecular formula is C17H22N2O4. The standard InChI is InChI=1S/C17H22N2O4/c1-18-9-7-13-14(5-4-6-15(13)18)17(21)19(11-12-22-2)10-8-16(20)23-3/h4-7,9H,8,10-12H2,1-3H3. The number of aryl methyl sites for hydroxylation is 1. The number of methoxy groups -OCH3 is 2. The third kappa shape index (κ3) is 3.90. The number of carbonyl (C=O) groups excluding carboxylic acids is 2. The van der Waals surface area contributed by atoms with E-state index in [1.54, 1.807) is 12.0 Å². The molecule has 0 N–H and O–H groups in total. The maximum Gasteiger partial charge on any atom is 0.307 e. The number of rotatable bonds is 7. The molecule has 0 spiro atoms. The van der Waals surface area contributed by atoms with Crippen molar-refractivity contribution in [3.8, 4) is 0 Å². The number of ether oxygens (including phenoxy) is 2. The quantitative estimate of drug-likeness (QED) is 0.731. The molecule has 23 heavy (non-hydrogen) atoms. The highest BCUT2D eigenvalue weighted by atomic mass is 16.5. The highest BCUT2D eigenvalue weighted by Gasteiger charge is 2.19. The van der Waals surface area contributed by atoms with E-state index in [0.717, 1.165) is 10.9 Å². The zero-order valence-electron chi connectivity index (χ0n) is 13.7. The summed E-state index contributed by atoms with van der Waals surface area (Å²) in [5.41, 5.74) is 1.62. The lowest BCUT2D eigenvalue weighted by Crippen LogP contribution is -2.35. The van der Waals surface area contributed by atoms with Crippen LogP contribution in [-0.2, 0) is 21.3 Å². The van der Waals surface area contributed by atoms with E-state index < -0.39 is 0 Å². The summed E-state index contributed by atoms with van der Waals surface area (Å²) in [5.74, 6) is -0.444. The number of hydrogen-bond donors (Lipinski definition) is 0. The van der Waals surface area contributed by atoms with Crippen LogP contribution in [0.1, 0.15) is 16.8 Å². The Bertz CT molecular complexity index is 693. The number of hydrogen-bond acceptors (Lipinski definition) is 4. The summed E-state index contributed by atoms with van der Waals surface area (Å²) in [6.07, 6.45) is 2.09. The molecule has 1 amide bonds. The normalized spacial score (nSPS) is 10.7. The summed E-state index contributed by atoms with van der Waals surface area (Å²) in [5, 5.41) is 0.903. The Kier molecular flexibility index (Phi) is 5.76. The van der Waals surface area contributed by atoms with Crippen LogP contribution in [0, 0.1) is 0 Å². The van der Waals surface area contributed by atoms with E-state index in [1.807, 2.05) is 42.1 Å². The van der Waals surface area contributed by atoms with Crippen LogP contribution in [0.2, 0.25) is 0 Å². The number of benzene rings is 1. The first-order valence-electron chi connectivity index (χ1n) is 7.47. The molecule has 1 aromatic carbocycles. The van der Waals surface area contributed by atoms with Gasteiger partial charge in [-0.1, -0.05) is 6.07 Å². The molecule has 6 heteroatoms. The van der Waals surface area contributed by atoms with Crippen molar-refractivity contribution in [1.82, 2.24) is 9.47 Å². The predicted molar refractivity (Wildman–Crippen MR) is 87.3 cm³/mol. The summed E-state index contributed by atoms with van der Waals surface area (Å²) < 4.78 is 11.7. The third-order valence-corrected chi connectivity index (χ3v) is 3.82. The molecule has 1 heterocycles. The smallest absolute Gasteiger partial charge is 0.307 e. The van der Waals surface area contributed by atoms with Crippen LogP contribution in [-0.4, -0.2) is 55.3 Å². The predicted octanol–water partition coefficient (Wildman–Crippen LogP) is 1.83. The first-order chi connectivity index (χ1) is 11.1. The van der Waals surface area contributed by atoms with Gasteiger partial charge in [-0.25, -0.2) is 0 Å². The minimum atomic E-state index is -0.335. The van der Waals surface area contributed by atoms with Crippen molar-refractivity contribution in [2.45, 2.75) is 6.42 Å². The van der Waals surface area contributed by atoms with Gasteiger partial charge in [-0.2, -0.15) is 0 Å². The summed E-state index contributed by atoms with van der Waals surface area (Å²) >= 11 is 0. The Morgan fingerprint density at radius 3 is 2.65 bits per heavy atom. The van der Waals surface area contributed by atoms with Crippen LogP contribution in [0.5, 0.6) is 0 Å². The second-order valence-corrected chi connectivity index (χ2v) is 5.28. The van der Waals surface area contributed by atoms with Gasteiger partial charge < -0.3 is 18.9 Å². The molecule has 1 aromatic heterocycles. The number of carbonyl (C=O) groups is 2. The lowest BCUT2D eigenvalue weighted by Gasteiger charge is -2.22. The molecule has 0 bridgehead atoms. The number of esters is 1. The topological polar surface area (TPSA) is 60.8 Å². The first kappa shape index (κ1) is 17.0. The lowest BCUT2D eigenvalue weighted by molar-refractivity contribution is -0.140. The number of nitrogens with zero attached hydrogens (tertiary/aromatic N) is 2.